The molecule has 1 aromatic carbocycles. The molecule has 2 bridgehead atoms. The molecule has 2 aliphatic rings. The monoisotopic (exact) mass is 308 g/mol. The van der Waals surface area contributed by atoms with Gasteiger partial charge in [0, 0.05) is 28.3 Å². The van der Waals surface area contributed by atoms with Gasteiger partial charge in [-0.05, 0) is 50.9 Å². The van der Waals surface area contributed by atoms with Crippen molar-refractivity contribution in [1.82, 2.24) is 4.90 Å². The Kier molecular flexibility index (Phi) is 3.62. The molecule has 2 heterocycles. The van der Waals surface area contributed by atoms with Crippen LogP contribution in [0.25, 0.3) is 0 Å². The first-order valence-electron chi connectivity index (χ1n) is 6.96. The van der Waals surface area contributed by atoms with Crippen LogP contribution in [-0.4, -0.2) is 30.1 Å². The third-order valence-electron chi connectivity index (χ3n) is 4.54. The molecule has 0 spiro atoms. The van der Waals surface area contributed by atoms with E-state index in [4.69, 9.17) is 0 Å². The number of hydrogen-bond acceptors (Lipinski definition) is 2. The van der Waals surface area contributed by atoms with Crippen LogP contribution in [0.15, 0.2) is 28.7 Å². The Labute approximate surface area is 118 Å². The predicted molar refractivity (Wildman–Crippen MR) is 80.0 cm³/mol. The van der Waals surface area contributed by atoms with E-state index in [1.54, 1.807) is 0 Å². The largest absolute Gasteiger partial charge is 0.382 e. The van der Waals surface area contributed by atoms with Gasteiger partial charge < -0.3 is 10.2 Å². The Morgan fingerprint density at radius 3 is 2.61 bits per heavy atom. The summed E-state index contributed by atoms with van der Waals surface area (Å²) >= 11 is 3.54. The maximum atomic E-state index is 3.71. The van der Waals surface area contributed by atoms with E-state index in [-0.39, 0.29) is 0 Å². The normalized spacial score (nSPS) is 32.2. The molecular formula is C15H21BrN2. The van der Waals surface area contributed by atoms with Gasteiger partial charge in [0.25, 0.3) is 0 Å². The molecule has 98 valence electrons. The lowest BCUT2D eigenvalue weighted by Gasteiger charge is -2.47. The summed E-state index contributed by atoms with van der Waals surface area (Å²) in [4.78, 5) is 2.61. The van der Waals surface area contributed by atoms with Gasteiger partial charge in [-0.15, -0.1) is 0 Å². The van der Waals surface area contributed by atoms with Gasteiger partial charge in [0.2, 0.25) is 0 Å². The molecule has 0 amide bonds. The topological polar surface area (TPSA) is 15.3 Å². The average Bonchev–Trinajstić information content (AvgIpc) is 2.30. The van der Waals surface area contributed by atoms with Crippen LogP contribution in [0.3, 0.4) is 0 Å². The van der Waals surface area contributed by atoms with E-state index >= 15 is 0 Å². The molecule has 2 nitrogen and oxygen atoms in total. The third kappa shape index (κ3) is 2.57. The van der Waals surface area contributed by atoms with Crippen LogP contribution in [0, 0.1) is 0 Å². The lowest BCUT2D eigenvalue weighted by atomic mass is 9.82. The molecule has 0 radical (unpaired) electrons. The molecular weight excluding hydrogens is 288 g/mol. The van der Waals surface area contributed by atoms with E-state index in [2.05, 4.69) is 57.5 Å². The molecule has 2 fully saturated rings. The smallest absolute Gasteiger partial charge is 0.0353 e. The second-order valence-electron chi connectivity index (χ2n) is 5.73. The zero-order valence-electron chi connectivity index (χ0n) is 10.9. The summed E-state index contributed by atoms with van der Waals surface area (Å²) in [5.74, 6) is 0. The number of benzene rings is 1. The zero-order chi connectivity index (χ0) is 12.5. The summed E-state index contributed by atoms with van der Waals surface area (Å²) in [6, 6.07) is 10.7. The molecule has 0 saturated carbocycles. The van der Waals surface area contributed by atoms with E-state index in [0.29, 0.717) is 6.04 Å². The highest BCUT2D eigenvalue weighted by atomic mass is 79.9. The van der Waals surface area contributed by atoms with Crippen molar-refractivity contribution < 1.29 is 0 Å². The SMILES string of the molecule is CN1C2CCC[C@@H]1CC(Nc1cccc(Br)c1)C2. The summed E-state index contributed by atoms with van der Waals surface area (Å²) in [6.45, 7) is 0. The average molecular weight is 309 g/mol. The number of anilines is 1. The van der Waals surface area contributed by atoms with Gasteiger partial charge >= 0.3 is 0 Å². The minimum atomic E-state index is 0.644. The number of piperidine rings is 2. The van der Waals surface area contributed by atoms with E-state index in [1.807, 2.05) is 0 Å². The maximum Gasteiger partial charge on any atom is 0.0353 e. The van der Waals surface area contributed by atoms with Gasteiger partial charge in [-0.25, -0.2) is 0 Å². The molecule has 18 heavy (non-hydrogen) atoms. The lowest BCUT2D eigenvalue weighted by Crippen LogP contribution is -2.52. The van der Waals surface area contributed by atoms with Crippen molar-refractivity contribution in [3.8, 4) is 0 Å². The Morgan fingerprint density at radius 1 is 1.22 bits per heavy atom. The van der Waals surface area contributed by atoms with Crippen molar-refractivity contribution in [2.45, 2.75) is 50.2 Å². The van der Waals surface area contributed by atoms with Crippen LogP contribution >= 0.6 is 15.9 Å². The van der Waals surface area contributed by atoms with Gasteiger partial charge in [-0.3, -0.25) is 0 Å². The van der Waals surface area contributed by atoms with Crippen LogP contribution < -0.4 is 5.32 Å². The Morgan fingerprint density at radius 2 is 1.94 bits per heavy atom. The zero-order valence-corrected chi connectivity index (χ0v) is 12.5. The highest BCUT2D eigenvalue weighted by Crippen LogP contribution is 2.34. The number of nitrogens with one attached hydrogen (secondary N) is 1. The fraction of sp³-hybridized carbons (Fsp3) is 0.600. The summed E-state index contributed by atoms with van der Waals surface area (Å²) in [7, 11) is 2.31. The molecule has 3 heteroatoms. The molecule has 2 unspecified atom stereocenters. The van der Waals surface area contributed by atoms with Crippen molar-refractivity contribution in [3.63, 3.8) is 0 Å². The highest BCUT2D eigenvalue weighted by molar-refractivity contribution is 9.10. The van der Waals surface area contributed by atoms with Crippen LogP contribution in [0.1, 0.15) is 32.1 Å². The molecule has 0 aliphatic carbocycles. The lowest BCUT2D eigenvalue weighted by molar-refractivity contribution is 0.0608. The standard InChI is InChI=1S/C15H21BrN2/c1-18-14-6-3-7-15(18)10-13(9-14)17-12-5-2-4-11(16)8-12/h2,4-5,8,13-15,17H,3,6-7,9-10H2,1H3/t13?,14-,15?/m1/s1. The third-order valence-corrected chi connectivity index (χ3v) is 5.03. The van der Waals surface area contributed by atoms with E-state index in [0.717, 1.165) is 16.6 Å². The van der Waals surface area contributed by atoms with Gasteiger partial charge in [-0.1, -0.05) is 28.4 Å². The molecule has 1 aromatic rings. The van der Waals surface area contributed by atoms with Crippen LogP contribution in [0.5, 0.6) is 0 Å². The fourth-order valence-electron chi connectivity index (χ4n) is 3.55. The Hall–Kier alpha value is -0.540. The molecule has 2 aliphatic heterocycles. The Bertz CT molecular complexity index is 407. The number of rotatable bonds is 2. The fourth-order valence-corrected chi connectivity index (χ4v) is 3.95. The quantitative estimate of drug-likeness (QED) is 0.892. The van der Waals surface area contributed by atoms with E-state index < -0.39 is 0 Å². The molecule has 1 N–H and O–H groups in total. The first-order valence-corrected chi connectivity index (χ1v) is 7.76. The van der Waals surface area contributed by atoms with E-state index in [1.165, 1.54) is 37.8 Å². The summed E-state index contributed by atoms with van der Waals surface area (Å²) in [5, 5.41) is 3.71. The van der Waals surface area contributed by atoms with Crippen molar-refractivity contribution in [2.75, 3.05) is 12.4 Å². The van der Waals surface area contributed by atoms with Crippen molar-refractivity contribution in [1.29, 1.82) is 0 Å². The highest BCUT2D eigenvalue weighted by Gasteiger charge is 2.35. The van der Waals surface area contributed by atoms with Gasteiger partial charge in [-0.2, -0.15) is 0 Å². The summed E-state index contributed by atoms with van der Waals surface area (Å²) < 4.78 is 1.15. The second kappa shape index (κ2) is 5.22. The number of nitrogens with zero attached hydrogens (tertiary/aromatic N) is 1. The number of halogens is 1. The Balaban J connectivity index is 1.68. The first-order chi connectivity index (χ1) is 8.72. The molecule has 2 saturated heterocycles. The molecule has 3 atom stereocenters. The van der Waals surface area contributed by atoms with Gasteiger partial charge in [0.05, 0.1) is 0 Å². The maximum absolute atomic E-state index is 3.71. The minimum absolute atomic E-state index is 0.644. The van der Waals surface area contributed by atoms with Crippen molar-refractivity contribution in [2.24, 2.45) is 0 Å². The van der Waals surface area contributed by atoms with E-state index in [9.17, 15) is 0 Å². The van der Waals surface area contributed by atoms with Crippen molar-refractivity contribution >= 4 is 21.6 Å². The second-order valence-corrected chi connectivity index (χ2v) is 6.64. The first kappa shape index (κ1) is 12.5. The number of hydrogen-bond donors (Lipinski definition) is 1. The summed E-state index contributed by atoms with van der Waals surface area (Å²) in [6.07, 6.45) is 6.76. The molecule has 3 rings (SSSR count). The van der Waals surface area contributed by atoms with Crippen LogP contribution in [-0.2, 0) is 0 Å². The van der Waals surface area contributed by atoms with Gasteiger partial charge in [0.1, 0.15) is 0 Å². The van der Waals surface area contributed by atoms with Crippen LogP contribution in [0.4, 0.5) is 5.69 Å². The van der Waals surface area contributed by atoms with Crippen LogP contribution in [0.2, 0.25) is 0 Å². The van der Waals surface area contributed by atoms with Gasteiger partial charge in [0.15, 0.2) is 0 Å². The predicted octanol–water partition coefficient (Wildman–Crippen LogP) is 3.88. The minimum Gasteiger partial charge on any atom is -0.382 e. The van der Waals surface area contributed by atoms with Crippen molar-refractivity contribution in [3.05, 3.63) is 28.7 Å². The summed E-state index contributed by atoms with van der Waals surface area (Å²) in [5.41, 5.74) is 1.25. The molecule has 0 aromatic heterocycles. The number of fused-ring (bicyclic) bond motifs is 2.